The Kier molecular flexibility index (Phi) is 3.54. The Labute approximate surface area is 109 Å². The van der Waals surface area contributed by atoms with Crippen molar-refractivity contribution in [2.75, 3.05) is 0 Å². The maximum absolute atomic E-state index is 13.1. The van der Waals surface area contributed by atoms with Crippen molar-refractivity contribution in [3.8, 4) is 6.07 Å². The summed E-state index contributed by atoms with van der Waals surface area (Å²) in [4.78, 5) is 4.27. The number of thiazole rings is 1. The van der Waals surface area contributed by atoms with Crippen LogP contribution in [0.15, 0.2) is 23.6 Å². The summed E-state index contributed by atoms with van der Waals surface area (Å²) in [6, 6.07) is 6.90. The Balaban J connectivity index is 2.41. The average molecular weight is 258 g/mol. The Bertz CT molecular complexity index is 650. The lowest BCUT2D eigenvalue weighted by Crippen LogP contribution is -1.85. The summed E-state index contributed by atoms with van der Waals surface area (Å²) in [5, 5.41) is 11.7. The second-order valence-corrected chi connectivity index (χ2v) is 4.83. The van der Waals surface area contributed by atoms with Gasteiger partial charge in [-0.15, -0.1) is 11.3 Å². The van der Waals surface area contributed by atoms with Crippen LogP contribution in [0, 0.1) is 31.0 Å². The van der Waals surface area contributed by atoms with E-state index >= 15 is 0 Å². The molecule has 0 amide bonds. The maximum Gasteiger partial charge on any atom is 0.134 e. The summed E-state index contributed by atoms with van der Waals surface area (Å²) < 4.78 is 13.1. The number of allylic oxidation sites excluding steroid dienone is 1. The van der Waals surface area contributed by atoms with Crippen molar-refractivity contribution in [3.63, 3.8) is 0 Å². The van der Waals surface area contributed by atoms with Crippen molar-refractivity contribution < 1.29 is 4.39 Å². The van der Waals surface area contributed by atoms with E-state index in [4.69, 9.17) is 5.26 Å². The van der Waals surface area contributed by atoms with Crippen LogP contribution in [0.5, 0.6) is 0 Å². The smallest absolute Gasteiger partial charge is 0.134 e. The molecule has 0 bridgehead atoms. The number of hydrogen-bond donors (Lipinski definition) is 0. The molecule has 0 aliphatic heterocycles. The number of hydrogen-bond acceptors (Lipinski definition) is 3. The molecular formula is C14H11FN2S. The van der Waals surface area contributed by atoms with E-state index in [1.165, 1.54) is 17.4 Å². The molecule has 0 spiro atoms. The fourth-order valence-electron chi connectivity index (χ4n) is 1.54. The molecule has 2 aromatic rings. The van der Waals surface area contributed by atoms with Gasteiger partial charge >= 0.3 is 0 Å². The minimum atomic E-state index is -0.240. The van der Waals surface area contributed by atoms with E-state index in [0.717, 1.165) is 11.3 Å². The number of aromatic nitrogens is 1. The summed E-state index contributed by atoms with van der Waals surface area (Å²) in [5.74, 6) is -0.240. The number of benzene rings is 1. The molecule has 1 aromatic heterocycles. The van der Waals surface area contributed by atoms with E-state index in [-0.39, 0.29) is 5.82 Å². The Hall–Kier alpha value is -1.99. The summed E-state index contributed by atoms with van der Waals surface area (Å²) in [7, 11) is 0. The zero-order valence-electron chi connectivity index (χ0n) is 10.1. The highest BCUT2D eigenvalue weighted by atomic mass is 32.1. The van der Waals surface area contributed by atoms with Crippen LogP contribution in [-0.4, -0.2) is 4.98 Å². The average Bonchev–Trinajstić information content (AvgIpc) is 2.77. The molecule has 0 aliphatic carbocycles. The van der Waals surface area contributed by atoms with Crippen LogP contribution in [0.3, 0.4) is 0 Å². The molecule has 0 atom stereocenters. The third kappa shape index (κ3) is 2.63. The monoisotopic (exact) mass is 258 g/mol. The summed E-state index contributed by atoms with van der Waals surface area (Å²) >= 11 is 1.43. The van der Waals surface area contributed by atoms with Gasteiger partial charge in [0.05, 0.1) is 5.57 Å². The summed E-state index contributed by atoms with van der Waals surface area (Å²) in [6.07, 6.45) is 1.73. The highest BCUT2D eigenvalue weighted by Gasteiger charge is 2.06. The van der Waals surface area contributed by atoms with Gasteiger partial charge in [0.15, 0.2) is 0 Å². The predicted molar refractivity (Wildman–Crippen MR) is 71.5 cm³/mol. The van der Waals surface area contributed by atoms with Gasteiger partial charge in [-0.05, 0) is 43.2 Å². The van der Waals surface area contributed by atoms with Gasteiger partial charge in [-0.3, -0.25) is 0 Å². The first-order valence-corrected chi connectivity index (χ1v) is 6.28. The van der Waals surface area contributed by atoms with Gasteiger partial charge in [0, 0.05) is 11.1 Å². The summed E-state index contributed by atoms with van der Waals surface area (Å²) in [6.45, 7) is 3.59. The molecule has 0 saturated heterocycles. The van der Waals surface area contributed by atoms with Gasteiger partial charge in [-0.25, -0.2) is 9.37 Å². The van der Waals surface area contributed by atoms with Crippen LogP contribution in [0.2, 0.25) is 0 Å². The zero-order chi connectivity index (χ0) is 13.1. The molecule has 0 unspecified atom stereocenters. The molecule has 0 radical (unpaired) electrons. The van der Waals surface area contributed by atoms with Gasteiger partial charge in [0.1, 0.15) is 16.9 Å². The molecule has 18 heavy (non-hydrogen) atoms. The second-order valence-electron chi connectivity index (χ2n) is 3.97. The first kappa shape index (κ1) is 12.5. The lowest BCUT2D eigenvalue weighted by molar-refractivity contribution is 0.618. The standard InChI is InChI=1S/C14H11FN2S/c1-9-5-11(3-4-13(9)15)6-12(7-16)14-17-10(2)8-18-14/h3-6,8H,1-2H3/b12-6-. The molecule has 0 fully saturated rings. The van der Waals surface area contributed by atoms with E-state index in [9.17, 15) is 4.39 Å². The SMILES string of the molecule is Cc1csc(/C(C#N)=C\c2ccc(F)c(C)c2)n1. The quantitative estimate of drug-likeness (QED) is 0.764. The molecule has 2 nitrogen and oxygen atoms in total. The molecule has 4 heteroatoms. The van der Waals surface area contributed by atoms with Gasteiger partial charge in [0.25, 0.3) is 0 Å². The minimum absolute atomic E-state index is 0.240. The lowest BCUT2D eigenvalue weighted by Gasteiger charge is -1.99. The third-order valence-corrected chi connectivity index (χ3v) is 3.46. The van der Waals surface area contributed by atoms with Gasteiger partial charge in [0.2, 0.25) is 0 Å². The minimum Gasteiger partial charge on any atom is -0.241 e. The fraction of sp³-hybridized carbons (Fsp3) is 0.143. The van der Waals surface area contributed by atoms with Crippen LogP contribution in [0.25, 0.3) is 11.6 Å². The molecule has 0 aliphatic rings. The first-order valence-electron chi connectivity index (χ1n) is 5.40. The van der Waals surface area contributed by atoms with E-state index in [2.05, 4.69) is 11.1 Å². The molecule has 2 rings (SSSR count). The largest absolute Gasteiger partial charge is 0.241 e. The van der Waals surface area contributed by atoms with Crippen LogP contribution in [-0.2, 0) is 0 Å². The van der Waals surface area contributed by atoms with E-state index in [0.29, 0.717) is 16.1 Å². The Morgan fingerprint density at radius 1 is 1.44 bits per heavy atom. The van der Waals surface area contributed by atoms with Gasteiger partial charge in [-0.1, -0.05) is 6.07 Å². The number of halogens is 1. The van der Waals surface area contributed by atoms with Crippen LogP contribution in [0.4, 0.5) is 4.39 Å². The molecular weight excluding hydrogens is 247 g/mol. The molecule has 90 valence electrons. The molecule has 0 saturated carbocycles. The van der Waals surface area contributed by atoms with E-state index < -0.39 is 0 Å². The number of rotatable bonds is 2. The predicted octanol–water partition coefficient (Wildman–Crippen LogP) is 3.96. The van der Waals surface area contributed by atoms with Crippen molar-refractivity contribution in [3.05, 3.63) is 51.2 Å². The topological polar surface area (TPSA) is 36.7 Å². The third-order valence-electron chi connectivity index (χ3n) is 2.46. The van der Waals surface area contributed by atoms with Gasteiger partial charge < -0.3 is 0 Å². The molecule has 1 heterocycles. The van der Waals surface area contributed by atoms with Crippen LogP contribution >= 0.6 is 11.3 Å². The van der Waals surface area contributed by atoms with Crippen LogP contribution < -0.4 is 0 Å². The van der Waals surface area contributed by atoms with Gasteiger partial charge in [-0.2, -0.15) is 5.26 Å². The number of aryl methyl sites for hydroxylation is 2. The molecule has 0 N–H and O–H groups in total. The van der Waals surface area contributed by atoms with Crippen molar-refractivity contribution in [1.29, 1.82) is 5.26 Å². The normalized spacial score (nSPS) is 11.3. The Morgan fingerprint density at radius 3 is 2.78 bits per heavy atom. The highest BCUT2D eigenvalue weighted by Crippen LogP contribution is 2.22. The maximum atomic E-state index is 13.1. The van der Waals surface area contributed by atoms with E-state index in [1.54, 1.807) is 25.1 Å². The van der Waals surface area contributed by atoms with E-state index in [1.807, 2.05) is 12.3 Å². The summed E-state index contributed by atoms with van der Waals surface area (Å²) in [5.41, 5.74) is 2.76. The fourth-order valence-corrected chi connectivity index (χ4v) is 2.31. The van der Waals surface area contributed by atoms with Crippen molar-refractivity contribution in [1.82, 2.24) is 4.98 Å². The molecule has 1 aromatic carbocycles. The second kappa shape index (κ2) is 5.11. The lowest BCUT2D eigenvalue weighted by atomic mass is 10.1. The highest BCUT2D eigenvalue weighted by molar-refractivity contribution is 7.11. The van der Waals surface area contributed by atoms with Crippen molar-refractivity contribution in [2.24, 2.45) is 0 Å². The van der Waals surface area contributed by atoms with Crippen molar-refractivity contribution >= 4 is 23.0 Å². The Morgan fingerprint density at radius 2 is 2.22 bits per heavy atom. The zero-order valence-corrected chi connectivity index (χ0v) is 10.9. The van der Waals surface area contributed by atoms with Crippen molar-refractivity contribution in [2.45, 2.75) is 13.8 Å². The number of nitriles is 1. The van der Waals surface area contributed by atoms with Crippen LogP contribution in [0.1, 0.15) is 21.8 Å². The first-order chi connectivity index (χ1) is 8.60. The number of nitrogens with zero attached hydrogens (tertiary/aromatic N) is 2.